The molecule has 5 rings (SSSR count). The number of carbonyl (C=O) groups excluding carboxylic acids is 1. The third-order valence-corrected chi connectivity index (χ3v) is 6.24. The molecule has 8 heteroatoms. The molecule has 2 aromatic carbocycles. The van der Waals surface area contributed by atoms with Crippen LogP contribution in [-0.2, 0) is 6.42 Å². The number of ether oxygens (including phenoxy) is 1. The summed E-state index contributed by atoms with van der Waals surface area (Å²) < 4.78 is 7.72. The number of rotatable bonds is 3. The van der Waals surface area contributed by atoms with E-state index in [1.54, 1.807) is 16.8 Å². The van der Waals surface area contributed by atoms with Crippen LogP contribution in [-0.4, -0.2) is 40.4 Å². The third kappa shape index (κ3) is 3.91. The molecule has 1 aromatic heterocycles. The van der Waals surface area contributed by atoms with Crippen LogP contribution < -0.4 is 10.2 Å². The van der Waals surface area contributed by atoms with Crippen molar-refractivity contribution in [1.29, 1.82) is 0 Å². The first-order chi connectivity index (χ1) is 15.1. The van der Waals surface area contributed by atoms with Gasteiger partial charge in [0.25, 0.3) is 5.91 Å². The van der Waals surface area contributed by atoms with Gasteiger partial charge in [0.05, 0.1) is 23.0 Å². The number of para-hydroxylation sites is 1. The highest BCUT2D eigenvalue weighted by Crippen LogP contribution is 2.39. The molecule has 0 aliphatic carbocycles. The Morgan fingerprint density at radius 1 is 1.06 bits per heavy atom. The fourth-order valence-electron chi connectivity index (χ4n) is 4.23. The predicted octanol–water partition coefficient (Wildman–Crippen LogP) is 4.91. The molecule has 3 heterocycles. The van der Waals surface area contributed by atoms with Gasteiger partial charge < -0.3 is 4.74 Å². The molecule has 1 amide bonds. The summed E-state index contributed by atoms with van der Waals surface area (Å²) in [5.41, 5.74) is 6.65. The van der Waals surface area contributed by atoms with Crippen LogP contribution in [0.5, 0.6) is 5.75 Å². The quantitative estimate of drug-likeness (QED) is 0.607. The second kappa shape index (κ2) is 8.54. The molecule has 1 fully saturated rings. The van der Waals surface area contributed by atoms with Crippen molar-refractivity contribution in [3.63, 3.8) is 0 Å². The highest BCUT2D eigenvalue weighted by molar-refractivity contribution is 6.35. The van der Waals surface area contributed by atoms with E-state index >= 15 is 0 Å². The van der Waals surface area contributed by atoms with Gasteiger partial charge in [-0.25, -0.2) is 9.69 Å². The fraction of sp³-hybridized carbons (Fsp3) is 0.304. The number of nitrogens with zero attached hydrogens (tertiary/aromatic N) is 3. The van der Waals surface area contributed by atoms with Gasteiger partial charge in [-0.05, 0) is 43.2 Å². The molecule has 1 N–H and O–H groups in total. The number of aromatic nitrogens is 2. The minimum atomic E-state index is -0.207. The van der Waals surface area contributed by atoms with Gasteiger partial charge in [0.1, 0.15) is 5.75 Å². The summed E-state index contributed by atoms with van der Waals surface area (Å²) in [4.78, 5) is 13.3. The number of halogens is 2. The largest absolute Gasteiger partial charge is 0.493 e. The first-order valence-corrected chi connectivity index (χ1v) is 11.2. The molecule has 0 atom stereocenters. The number of hydrogen-bond donors (Lipinski definition) is 1. The number of amides is 1. The minimum absolute atomic E-state index is 0.207. The summed E-state index contributed by atoms with van der Waals surface area (Å²) in [7, 11) is 0. The number of carbonyl (C=O) groups is 1. The molecule has 2 aliphatic rings. The van der Waals surface area contributed by atoms with Gasteiger partial charge in [0.15, 0.2) is 5.69 Å². The summed E-state index contributed by atoms with van der Waals surface area (Å²) in [5.74, 6) is 0.553. The van der Waals surface area contributed by atoms with E-state index in [1.165, 1.54) is 6.42 Å². The molecule has 0 bridgehead atoms. The van der Waals surface area contributed by atoms with Gasteiger partial charge in [-0.2, -0.15) is 5.10 Å². The summed E-state index contributed by atoms with van der Waals surface area (Å²) in [6, 6.07) is 13.1. The van der Waals surface area contributed by atoms with E-state index in [-0.39, 0.29) is 5.91 Å². The Bertz CT molecular complexity index is 1140. The maximum Gasteiger partial charge on any atom is 0.286 e. The number of benzene rings is 2. The molecule has 0 unspecified atom stereocenters. The lowest BCUT2D eigenvalue weighted by Gasteiger charge is -2.26. The zero-order chi connectivity index (χ0) is 21.4. The lowest BCUT2D eigenvalue weighted by molar-refractivity contribution is 0.0743. The van der Waals surface area contributed by atoms with E-state index in [2.05, 4.69) is 5.43 Å². The van der Waals surface area contributed by atoms with Crippen LogP contribution in [0.15, 0.2) is 42.5 Å². The number of fused-ring (bicyclic) bond motifs is 3. The van der Waals surface area contributed by atoms with E-state index in [4.69, 9.17) is 33.0 Å². The fourth-order valence-corrected chi connectivity index (χ4v) is 4.72. The molecule has 2 aliphatic heterocycles. The Morgan fingerprint density at radius 3 is 2.68 bits per heavy atom. The maximum absolute atomic E-state index is 13.3. The van der Waals surface area contributed by atoms with E-state index in [9.17, 15) is 4.79 Å². The lowest BCUT2D eigenvalue weighted by atomic mass is 10.0. The van der Waals surface area contributed by atoms with E-state index in [0.717, 1.165) is 48.5 Å². The van der Waals surface area contributed by atoms with Crippen molar-refractivity contribution in [2.75, 3.05) is 19.7 Å². The molecule has 0 spiro atoms. The highest BCUT2D eigenvalue weighted by Gasteiger charge is 2.29. The van der Waals surface area contributed by atoms with E-state index in [0.29, 0.717) is 34.5 Å². The monoisotopic (exact) mass is 456 g/mol. The molecule has 1 saturated heterocycles. The van der Waals surface area contributed by atoms with Crippen molar-refractivity contribution in [2.24, 2.45) is 0 Å². The molecule has 3 aromatic rings. The normalized spacial score (nSPS) is 16.1. The Morgan fingerprint density at radius 2 is 1.87 bits per heavy atom. The topological polar surface area (TPSA) is 59.4 Å². The summed E-state index contributed by atoms with van der Waals surface area (Å²) >= 11 is 12.6. The van der Waals surface area contributed by atoms with Crippen molar-refractivity contribution in [3.8, 4) is 22.7 Å². The number of hydrogen-bond acceptors (Lipinski definition) is 4. The predicted molar refractivity (Wildman–Crippen MR) is 121 cm³/mol. The average molecular weight is 457 g/mol. The van der Waals surface area contributed by atoms with Crippen LogP contribution in [0.4, 0.5) is 0 Å². The van der Waals surface area contributed by atoms with Gasteiger partial charge in [0.2, 0.25) is 0 Å². The van der Waals surface area contributed by atoms with Crippen molar-refractivity contribution in [1.82, 2.24) is 20.2 Å². The maximum atomic E-state index is 13.3. The Kier molecular flexibility index (Phi) is 5.61. The number of piperidine rings is 1. The van der Waals surface area contributed by atoms with Crippen LogP contribution in [0.25, 0.3) is 16.9 Å². The van der Waals surface area contributed by atoms with Crippen LogP contribution in [0, 0.1) is 0 Å². The van der Waals surface area contributed by atoms with Crippen LogP contribution >= 0.6 is 23.2 Å². The zero-order valence-electron chi connectivity index (χ0n) is 16.9. The van der Waals surface area contributed by atoms with Crippen molar-refractivity contribution in [2.45, 2.75) is 25.7 Å². The molecule has 0 radical (unpaired) electrons. The zero-order valence-corrected chi connectivity index (χ0v) is 18.4. The SMILES string of the molecule is O=C(NN1CCCCC1)c1nn(-c2ccc(Cl)cc2Cl)c2c1CCOc1ccccc1-2. The lowest BCUT2D eigenvalue weighted by Crippen LogP contribution is -2.45. The van der Waals surface area contributed by atoms with Gasteiger partial charge in [-0.15, -0.1) is 0 Å². The van der Waals surface area contributed by atoms with Gasteiger partial charge in [0, 0.05) is 35.7 Å². The van der Waals surface area contributed by atoms with E-state index in [1.807, 2.05) is 35.3 Å². The first-order valence-electron chi connectivity index (χ1n) is 10.5. The van der Waals surface area contributed by atoms with Crippen molar-refractivity contribution >= 4 is 29.1 Å². The second-order valence-electron chi connectivity index (χ2n) is 7.77. The minimum Gasteiger partial charge on any atom is -0.493 e. The Labute approximate surface area is 190 Å². The number of hydrazine groups is 1. The molecular weight excluding hydrogens is 435 g/mol. The molecule has 31 heavy (non-hydrogen) atoms. The second-order valence-corrected chi connectivity index (χ2v) is 8.61. The smallest absolute Gasteiger partial charge is 0.286 e. The van der Waals surface area contributed by atoms with E-state index < -0.39 is 0 Å². The van der Waals surface area contributed by atoms with Crippen LogP contribution in [0.2, 0.25) is 10.0 Å². The molecule has 6 nitrogen and oxygen atoms in total. The van der Waals surface area contributed by atoms with Crippen molar-refractivity contribution in [3.05, 3.63) is 63.8 Å². The molecular formula is C23H22Cl2N4O2. The standard InChI is InChI=1S/C23H22Cl2N4O2/c24-15-8-9-19(18(25)14-15)29-22-16-6-2-3-7-20(16)31-13-10-17(22)21(26-29)23(30)27-28-11-4-1-5-12-28/h2-3,6-9,14H,1,4-5,10-13H2,(H,27,30). The third-order valence-electron chi connectivity index (χ3n) is 5.70. The summed E-state index contributed by atoms with van der Waals surface area (Å²) in [6.07, 6.45) is 3.92. The first kappa shape index (κ1) is 20.4. The van der Waals surface area contributed by atoms with Crippen LogP contribution in [0.1, 0.15) is 35.3 Å². The van der Waals surface area contributed by atoms with Gasteiger partial charge in [-0.1, -0.05) is 41.8 Å². The molecule has 160 valence electrons. The summed E-state index contributed by atoms with van der Waals surface area (Å²) in [6.45, 7) is 2.17. The molecule has 0 saturated carbocycles. The summed E-state index contributed by atoms with van der Waals surface area (Å²) in [5, 5.41) is 7.74. The van der Waals surface area contributed by atoms with Crippen molar-refractivity contribution < 1.29 is 9.53 Å². The van der Waals surface area contributed by atoms with Gasteiger partial charge >= 0.3 is 0 Å². The Hall–Kier alpha value is -2.54. The Balaban J connectivity index is 1.65. The van der Waals surface area contributed by atoms with Gasteiger partial charge in [-0.3, -0.25) is 10.2 Å². The van der Waals surface area contributed by atoms with Crippen LogP contribution in [0.3, 0.4) is 0 Å². The highest BCUT2D eigenvalue weighted by atomic mass is 35.5. The number of nitrogens with one attached hydrogen (secondary N) is 1. The average Bonchev–Trinajstić information content (AvgIpc) is 3.03.